The molecule has 0 unspecified atom stereocenters. The van der Waals surface area contributed by atoms with Crippen molar-refractivity contribution in [1.82, 2.24) is 5.32 Å². The lowest BCUT2D eigenvalue weighted by Crippen LogP contribution is -2.30. The van der Waals surface area contributed by atoms with Crippen molar-refractivity contribution in [3.63, 3.8) is 0 Å². The first-order valence-electron chi connectivity index (χ1n) is 7.36. The highest BCUT2D eigenvalue weighted by atomic mass is 16.6. The molecule has 0 saturated carbocycles. The van der Waals surface area contributed by atoms with Crippen molar-refractivity contribution in [2.45, 2.75) is 32.6 Å². The van der Waals surface area contributed by atoms with E-state index in [-0.39, 0.29) is 19.1 Å². The summed E-state index contributed by atoms with van der Waals surface area (Å²) in [4.78, 5) is 22.8. The minimum atomic E-state index is -0.540. The van der Waals surface area contributed by atoms with Gasteiger partial charge in [-0.1, -0.05) is 13.0 Å². The number of hydrogen-bond donors (Lipinski definition) is 1. The van der Waals surface area contributed by atoms with Gasteiger partial charge >= 0.3 is 5.97 Å². The van der Waals surface area contributed by atoms with Crippen molar-refractivity contribution >= 4 is 11.9 Å². The third-order valence-electron chi connectivity index (χ3n) is 3.36. The molecule has 5 heteroatoms. The Hall–Kier alpha value is -2.04. The maximum absolute atomic E-state index is 11.5. The van der Waals surface area contributed by atoms with E-state index in [1.165, 1.54) is 17.5 Å². The van der Waals surface area contributed by atoms with Crippen LogP contribution in [0.15, 0.2) is 18.2 Å². The van der Waals surface area contributed by atoms with Gasteiger partial charge in [0.1, 0.15) is 5.75 Å². The lowest BCUT2D eigenvalue weighted by molar-refractivity contribution is -0.150. The average molecular weight is 291 g/mol. The zero-order chi connectivity index (χ0) is 15.1. The third-order valence-corrected chi connectivity index (χ3v) is 3.36. The fraction of sp³-hybridized carbons (Fsp3) is 0.500. The van der Waals surface area contributed by atoms with Gasteiger partial charge in [0.05, 0.1) is 0 Å². The predicted molar refractivity (Wildman–Crippen MR) is 78.2 cm³/mol. The van der Waals surface area contributed by atoms with Crippen molar-refractivity contribution in [3.05, 3.63) is 29.3 Å². The molecule has 0 fully saturated rings. The molecular weight excluding hydrogens is 270 g/mol. The maximum atomic E-state index is 11.5. The average Bonchev–Trinajstić information content (AvgIpc) is 2.96. The topological polar surface area (TPSA) is 64.6 Å². The molecule has 0 heterocycles. The Balaban J connectivity index is 1.70. The summed E-state index contributed by atoms with van der Waals surface area (Å²) in [6, 6.07) is 5.89. The van der Waals surface area contributed by atoms with Crippen LogP contribution in [0, 0.1) is 0 Å². The van der Waals surface area contributed by atoms with Crippen LogP contribution in [0.2, 0.25) is 0 Å². The molecule has 114 valence electrons. The molecule has 0 aliphatic heterocycles. The number of carbonyl (C=O) groups excluding carboxylic acids is 2. The molecule has 0 bridgehead atoms. The Morgan fingerprint density at radius 1 is 1.19 bits per heavy atom. The zero-order valence-corrected chi connectivity index (χ0v) is 12.3. The van der Waals surface area contributed by atoms with Crippen LogP contribution >= 0.6 is 0 Å². The van der Waals surface area contributed by atoms with E-state index < -0.39 is 5.97 Å². The van der Waals surface area contributed by atoms with E-state index in [0.29, 0.717) is 12.3 Å². The first-order valence-corrected chi connectivity index (χ1v) is 7.36. The van der Waals surface area contributed by atoms with E-state index in [9.17, 15) is 9.59 Å². The lowest BCUT2D eigenvalue weighted by Gasteiger charge is -2.08. The first-order chi connectivity index (χ1) is 10.2. The van der Waals surface area contributed by atoms with Gasteiger partial charge in [-0.05, 0) is 48.9 Å². The molecule has 1 N–H and O–H groups in total. The van der Waals surface area contributed by atoms with Gasteiger partial charge in [-0.2, -0.15) is 0 Å². The molecule has 0 spiro atoms. The lowest BCUT2D eigenvalue weighted by atomic mass is 10.1. The Kier molecular flexibility index (Phi) is 5.60. The maximum Gasteiger partial charge on any atom is 0.344 e. The number of ether oxygens (including phenoxy) is 2. The SMILES string of the molecule is CCCNC(=O)COC(=O)COc1ccc2c(c1)CCC2. The van der Waals surface area contributed by atoms with E-state index in [0.717, 1.165) is 19.3 Å². The molecule has 0 radical (unpaired) electrons. The van der Waals surface area contributed by atoms with E-state index in [1.54, 1.807) is 0 Å². The van der Waals surface area contributed by atoms with Crippen LogP contribution in [0.5, 0.6) is 5.75 Å². The van der Waals surface area contributed by atoms with Crippen LogP contribution < -0.4 is 10.1 Å². The summed E-state index contributed by atoms with van der Waals surface area (Å²) >= 11 is 0. The molecule has 21 heavy (non-hydrogen) atoms. The number of rotatable bonds is 7. The smallest absolute Gasteiger partial charge is 0.344 e. The van der Waals surface area contributed by atoms with Crippen LogP contribution in [0.3, 0.4) is 0 Å². The van der Waals surface area contributed by atoms with Gasteiger partial charge in [0.2, 0.25) is 0 Å². The van der Waals surface area contributed by atoms with Crippen molar-refractivity contribution < 1.29 is 19.1 Å². The zero-order valence-electron chi connectivity index (χ0n) is 12.3. The molecule has 1 amide bonds. The van der Waals surface area contributed by atoms with Gasteiger partial charge in [-0.15, -0.1) is 0 Å². The highest BCUT2D eigenvalue weighted by Crippen LogP contribution is 2.25. The number of amides is 1. The van der Waals surface area contributed by atoms with Crippen LogP contribution in [0.4, 0.5) is 0 Å². The highest BCUT2D eigenvalue weighted by molar-refractivity contribution is 5.80. The number of benzene rings is 1. The summed E-state index contributed by atoms with van der Waals surface area (Å²) < 4.78 is 10.2. The minimum absolute atomic E-state index is 0.181. The fourth-order valence-electron chi connectivity index (χ4n) is 2.28. The van der Waals surface area contributed by atoms with Crippen LogP contribution in [0.1, 0.15) is 30.9 Å². The van der Waals surface area contributed by atoms with Crippen LogP contribution in [-0.2, 0) is 27.2 Å². The Labute approximate surface area is 124 Å². The third kappa shape index (κ3) is 4.77. The Morgan fingerprint density at radius 2 is 2.00 bits per heavy atom. The molecule has 1 aromatic rings. The second-order valence-electron chi connectivity index (χ2n) is 5.08. The van der Waals surface area contributed by atoms with E-state index in [2.05, 4.69) is 5.32 Å². The van der Waals surface area contributed by atoms with E-state index in [1.807, 2.05) is 25.1 Å². The molecule has 1 aromatic carbocycles. The number of aryl methyl sites for hydroxylation is 2. The molecule has 1 aliphatic rings. The summed E-state index contributed by atoms with van der Waals surface area (Å²) in [6.45, 7) is 2.10. The molecule has 1 aliphatic carbocycles. The molecule has 0 aromatic heterocycles. The van der Waals surface area contributed by atoms with Gasteiger partial charge in [0, 0.05) is 6.54 Å². The van der Waals surface area contributed by atoms with Crippen LogP contribution in [-0.4, -0.2) is 31.6 Å². The largest absolute Gasteiger partial charge is 0.482 e. The second-order valence-corrected chi connectivity index (χ2v) is 5.08. The molecule has 0 saturated heterocycles. The number of carbonyl (C=O) groups is 2. The number of hydrogen-bond acceptors (Lipinski definition) is 4. The number of fused-ring (bicyclic) bond motifs is 1. The molecule has 0 atom stereocenters. The molecule has 5 nitrogen and oxygen atoms in total. The monoisotopic (exact) mass is 291 g/mol. The quantitative estimate of drug-likeness (QED) is 0.775. The van der Waals surface area contributed by atoms with Gasteiger partial charge in [0.25, 0.3) is 5.91 Å². The Morgan fingerprint density at radius 3 is 2.81 bits per heavy atom. The predicted octanol–water partition coefficient (Wildman–Crippen LogP) is 1.62. The fourth-order valence-corrected chi connectivity index (χ4v) is 2.28. The molecular formula is C16H21NO4. The summed E-state index contributed by atoms with van der Waals surface area (Å²) in [7, 11) is 0. The number of esters is 1. The van der Waals surface area contributed by atoms with Crippen molar-refractivity contribution in [2.24, 2.45) is 0 Å². The van der Waals surface area contributed by atoms with Gasteiger partial charge < -0.3 is 14.8 Å². The van der Waals surface area contributed by atoms with Crippen molar-refractivity contribution in [3.8, 4) is 5.75 Å². The van der Waals surface area contributed by atoms with E-state index in [4.69, 9.17) is 9.47 Å². The molecule has 2 rings (SSSR count). The number of nitrogens with one attached hydrogen (secondary N) is 1. The Bertz CT molecular complexity index is 513. The van der Waals surface area contributed by atoms with Gasteiger partial charge in [0.15, 0.2) is 13.2 Å². The summed E-state index contributed by atoms with van der Waals surface area (Å²) in [5.74, 6) is -0.159. The normalized spacial score (nSPS) is 12.6. The second kappa shape index (κ2) is 7.67. The summed E-state index contributed by atoms with van der Waals surface area (Å²) in [6.07, 6.45) is 4.20. The van der Waals surface area contributed by atoms with Crippen LogP contribution in [0.25, 0.3) is 0 Å². The standard InChI is InChI=1S/C16H21NO4/c1-2-8-17-15(18)10-21-16(19)11-20-14-7-6-12-4-3-5-13(12)9-14/h6-7,9H,2-5,8,10-11H2,1H3,(H,17,18). The summed E-state index contributed by atoms with van der Waals surface area (Å²) in [5, 5.41) is 2.63. The van der Waals surface area contributed by atoms with E-state index >= 15 is 0 Å². The van der Waals surface area contributed by atoms with Gasteiger partial charge in [-0.3, -0.25) is 4.79 Å². The first kappa shape index (κ1) is 15.4. The highest BCUT2D eigenvalue weighted by Gasteiger charge is 2.12. The van der Waals surface area contributed by atoms with Gasteiger partial charge in [-0.25, -0.2) is 4.79 Å². The van der Waals surface area contributed by atoms with Crippen molar-refractivity contribution in [1.29, 1.82) is 0 Å². The summed E-state index contributed by atoms with van der Waals surface area (Å²) in [5.41, 5.74) is 2.65. The van der Waals surface area contributed by atoms with Crippen molar-refractivity contribution in [2.75, 3.05) is 19.8 Å². The minimum Gasteiger partial charge on any atom is -0.482 e.